The lowest BCUT2D eigenvalue weighted by molar-refractivity contribution is 0.195. The molecular weight excluding hydrogens is 234 g/mol. The summed E-state index contributed by atoms with van der Waals surface area (Å²) in [6.45, 7) is 12.0. The number of piperazine rings is 1. The van der Waals surface area contributed by atoms with Crippen molar-refractivity contribution in [3.05, 3.63) is 34.4 Å². The molecule has 0 radical (unpaired) electrons. The normalized spacial score (nSPS) is 20.7. The Morgan fingerprint density at radius 3 is 2.79 bits per heavy atom. The van der Waals surface area contributed by atoms with E-state index in [-0.39, 0.29) is 0 Å². The van der Waals surface area contributed by atoms with E-state index in [1.54, 1.807) is 0 Å². The van der Waals surface area contributed by atoms with Crippen LogP contribution in [0.5, 0.6) is 0 Å². The van der Waals surface area contributed by atoms with E-state index in [9.17, 15) is 0 Å². The maximum atomic E-state index is 3.61. The van der Waals surface area contributed by atoms with E-state index in [1.165, 1.54) is 22.3 Å². The Kier molecular flexibility index (Phi) is 4.97. The van der Waals surface area contributed by atoms with Gasteiger partial charge in [0.05, 0.1) is 0 Å². The fourth-order valence-corrected chi connectivity index (χ4v) is 2.67. The first-order chi connectivity index (χ1) is 9.09. The summed E-state index contributed by atoms with van der Waals surface area (Å²) in [5.41, 5.74) is 5.67. The van der Waals surface area contributed by atoms with Gasteiger partial charge in [-0.15, -0.1) is 0 Å². The molecule has 0 saturated carbocycles. The third kappa shape index (κ3) is 3.56. The predicted molar refractivity (Wildman–Crippen MR) is 81.6 cm³/mol. The second kappa shape index (κ2) is 6.51. The molecule has 19 heavy (non-hydrogen) atoms. The molecule has 2 N–H and O–H groups in total. The summed E-state index contributed by atoms with van der Waals surface area (Å²) in [6.07, 6.45) is 0. The first-order valence-electron chi connectivity index (χ1n) is 7.27. The van der Waals surface area contributed by atoms with Crippen LogP contribution in [0.3, 0.4) is 0 Å². The molecule has 1 fully saturated rings. The molecular formula is C16H27N3. The van der Waals surface area contributed by atoms with Gasteiger partial charge in [-0.05, 0) is 50.1 Å². The van der Waals surface area contributed by atoms with E-state index in [0.717, 1.165) is 32.7 Å². The Labute approximate surface area is 117 Å². The van der Waals surface area contributed by atoms with Crippen LogP contribution in [0.4, 0.5) is 0 Å². The van der Waals surface area contributed by atoms with Gasteiger partial charge in [-0.1, -0.05) is 12.1 Å². The number of rotatable bonds is 4. The standard InChI is InChI=1S/C16H27N3/c1-12-5-6-15(14(3)13(12)2)9-18-11-16-10-17-7-8-19(16)4/h5-6,16-18H,7-11H2,1-4H3. The van der Waals surface area contributed by atoms with Crippen molar-refractivity contribution < 1.29 is 0 Å². The fourth-order valence-electron chi connectivity index (χ4n) is 2.67. The van der Waals surface area contributed by atoms with Gasteiger partial charge in [0, 0.05) is 38.8 Å². The Hall–Kier alpha value is -0.900. The molecule has 1 atom stereocenters. The van der Waals surface area contributed by atoms with Crippen LogP contribution in [0.1, 0.15) is 22.3 Å². The molecule has 106 valence electrons. The van der Waals surface area contributed by atoms with Gasteiger partial charge in [-0.3, -0.25) is 4.90 Å². The van der Waals surface area contributed by atoms with E-state index < -0.39 is 0 Å². The fraction of sp³-hybridized carbons (Fsp3) is 0.625. The van der Waals surface area contributed by atoms with Crippen molar-refractivity contribution in [3.8, 4) is 0 Å². The van der Waals surface area contributed by atoms with Gasteiger partial charge in [0.1, 0.15) is 0 Å². The summed E-state index contributed by atoms with van der Waals surface area (Å²) in [7, 11) is 2.22. The molecule has 1 heterocycles. The van der Waals surface area contributed by atoms with E-state index in [4.69, 9.17) is 0 Å². The molecule has 2 rings (SSSR count). The Bertz CT molecular complexity index is 428. The summed E-state index contributed by atoms with van der Waals surface area (Å²) in [5, 5.41) is 7.07. The lowest BCUT2D eigenvalue weighted by Gasteiger charge is -2.33. The summed E-state index contributed by atoms with van der Waals surface area (Å²) >= 11 is 0. The molecule has 1 aromatic rings. The Morgan fingerprint density at radius 1 is 1.26 bits per heavy atom. The number of nitrogens with zero attached hydrogens (tertiary/aromatic N) is 1. The average molecular weight is 261 g/mol. The lowest BCUT2D eigenvalue weighted by Crippen LogP contribution is -2.53. The Balaban J connectivity index is 1.87. The molecule has 1 aromatic carbocycles. The third-order valence-corrected chi connectivity index (χ3v) is 4.51. The number of likely N-dealkylation sites (N-methyl/N-ethyl adjacent to an activating group) is 1. The quantitative estimate of drug-likeness (QED) is 0.862. The van der Waals surface area contributed by atoms with Crippen LogP contribution in [0, 0.1) is 20.8 Å². The number of nitrogens with one attached hydrogen (secondary N) is 2. The van der Waals surface area contributed by atoms with Crippen LogP contribution >= 0.6 is 0 Å². The molecule has 0 spiro atoms. The minimum Gasteiger partial charge on any atom is -0.314 e. The predicted octanol–water partition coefficient (Wildman–Crippen LogP) is 1.61. The van der Waals surface area contributed by atoms with Gasteiger partial charge in [-0.2, -0.15) is 0 Å². The highest BCUT2D eigenvalue weighted by molar-refractivity contribution is 5.38. The molecule has 1 unspecified atom stereocenters. The van der Waals surface area contributed by atoms with Crippen molar-refractivity contribution in [2.45, 2.75) is 33.4 Å². The second-order valence-corrected chi connectivity index (χ2v) is 5.76. The maximum Gasteiger partial charge on any atom is 0.0342 e. The molecule has 1 aliphatic rings. The van der Waals surface area contributed by atoms with Crippen molar-refractivity contribution in [3.63, 3.8) is 0 Å². The minimum atomic E-state index is 0.612. The second-order valence-electron chi connectivity index (χ2n) is 5.76. The first-order valence-corrected chi connectivity index (χ1v) is 7.27. The number of hydrogen-bond acceptors (Lipinski definition) is 3. The van der Waals surface area contributed by atoms with Gasteiger partial charge in [0.2, 0.25) is 0 Å². The first kappa shape index (κ1) is 14.5. The van der Waals surface area contributed by atoms with Gasteiger partial charge in [0.15, 0.2) is 0 Å². The summed E-state index contributed by atoms with van der Waals surface area (Å²) in [6, 6.07) is 5.10. The van der Waals surface area contributed by atoms with Crippen LogP contribution in [-0.4, -0.2) is 44.2 Å². The highest BCUT2D eigenvalue weighted by Crippen LogP contribution is 2.16. The molecule has 3 heteroatoms. The number of aryl methyl sites for hydroxylation is 1. The van der Waals surface area contributed by atoms with Crippen LogP contribution in [0.15, 0.2) is 12.1 Å². The maximum absolute atomic E-state index is 3.61. The van der Waals surface area contributed by atoms with Gasteiger partial charge >= 0.3 is 0 Å². The van der Waals surface area contributed by atoms with Crippen molar-refractivity contribution in [2.24, 2.45) is 0 Å². The van der Waals surface area contributed by atoms with Crippen molar-refractivity contribution >= 4 is 0 Å². The van der Waals surface area contributed by atoms with E-state index in [0.29, 0.717) is 6.04 Å². The smallest absolute Gasteiger partial charge is 0.0342 e. The van der Waals surface area contributed by atoms with E-state index in [2.05, 4.69) is 55.5 Å². The number of hydrogen-bond donors (Lipinski definition) is 2. The van der Waals surface area contributed by atoms with Crippen LogP contribution in [-0.2, 0) is 6.54 Å². The molecule has 0 aliphatic carbocycles. The molecule has 0 bridgehead atoms. The summed E-state index contributed by atoms with van der Waals surface area (Å²) in [4.78, 5) is 2.44. The molecule has 1 aliphatic heterocycles. The third-order valence-electron chi connectivity index (χ3n) is 4.51. The zero-order valence-corrected chi connectivity index (χ0v) is 12.7. The lowest BCUT2D eigenvalue weighted by atomic mass is 9.99. The SMILES string of the molecule is Cc1ccc(CNCC2CNCCN2C)c(C)c1C. The average Bonchev–Trinajstić information content (AvgIpc) is 2.41. The van der Waals surface area contributed by atoms with Crippen molar-refractivity contribution in [1.82, 2.24) is 15.5 Å². The van der Waals surface area contributed by atoms with Crippen molar-refractivity contribution in [2.75, 3.05) is 33.2 Å². The zero-order valence-electron chi connectivity index (χ0n) is 12.7. The molecule has 3 nitrogen and oxygen atoms in total. The molecule has 1 saturated heterocycles. The van der Waals surface area contributed by atoms with E-state index >= 15 is 0 Å². The molecule has 0 aromatic heterocycles. The van der Waals surface area contributed by atoms with Crippen LogP contribution in [0.2, 0.25) is 0 Å². The van der Waals surface area contributed by atoms with Gasteiger partial charge in [0.25, 0.3) is 0 Å². The topological polar surface area (TPSA) is 27.3 Å². The highest BCUT2D eigenvalue weighted by Gasteiger charge is 2.17. The zero-order chi connectivity index (χ0) is 13.8. The summed E-state index contributed by atoms with van der Waals surface area (Å²) in [5.74, 6) is 0. The minimum absolute atomic E-state index is 0.612. The van der Waals surface area contributed by atoms with E-state index in [1.807, 2.05) is 0 Å². The Morgan fingerprint density at radius 2 is 2.05 bits per heavy atom. The van der Waals surface area contributed by atoms with Crippen molar-refractivity contribution in [1.29, 1.82) is 0 Å². The van der Waals surface area contributed by atoms with Gasteiger partial charge in [-0.25, -0.2) is 0 Å². The summed E-state index contributed by atoms with van der Waals surface area (Å²) < 4.78 is 0. The number of benzene rings is 1. The van der Waals surface area contributed by atoms with Crippen LogP contribution < -0.4 is 10.6 Å². The van der Waals surface area contributed by atoms with Crippen LogP contribution in [0.25, 0.3) is 0 Å². The largest absolute Gasteiger partial charge is 0.314 e. The van der Waals surface area contributed by atoms with Gasteiger partial charge < -0.3 is 10.6 Å². The highest BCUT2D eigenvalue weighted by atomic mass is 15.2. The monoisotopic (exact) mass is 261 g/mol. The molecule has 0 amide bonds.